The number of aromatic nitrogens is 1. The standard InChI is InChI=1S/C10H15BrN2OS/c11-9-6-15-10(13-9)12-8-4-2-1-3-7(8)5-14/h6-8,14H,1-5H2,(H,12,13). The van der Waals surface area contributed by atoms with Gasteiger partial charge in [0.25, 0.3) is 0 Å². The molecule has 0 aromatic carbocycles. The summed E-state index contributed by atoms with van der Waals surface area (Å²) in [5.74, 6) is 0.390. The van der Waals surface area contributed by atoms with Crippen LogP contribution in [0, 0.1) is 5.92 Å². The molecule has 3 nitrogen and oxygen atoms in total. The molecule has 1 aromatic rings. The van der Waals surface area contributed by atoms with Crippen LogP contribution in [0.4, 0.5) is 5.13 Å². The Morgan fingerprint density at radius 3 is 3.00 bits per heavy atom. The summed E-state index contributed by atoms with van der Waals surface area (Å²) in [6.07, 6.45) is 4.76. The van der Waals surface area contributed by atoms with Gasteiger partial charge in [0, 0.05) is 23.9 Å². The van der Waals surface area contributed by atoms with Gasteiger partial charge in [-0.25, -0.2) is 4.98 Å². The minimum absolute atomic E-state index is 0.282. The van der Waals surface area contributed by atoms with Gasteiger partial charge in [0.2, 0.25) is 0 Å². The second-order valence-electron chi connectivity index (χ2n) is 3.95. The van der Waals surface area contributed by atoms with Crippen molar-refractivity contribution in [2.75, 3.05) is 11.9 Å². The number of nitrogens with zero attached hydrogens (tertiary/aromatic N) is 1. The van der Waals surface area contributed by atoms with Crippen molar-refractivity contribution in [1.82, 2.24) is 4.98 Å². The van der Waals surface area contributed by atoms with Gasteiger partial charge in [0.05, 0.1) is 0 Å². The number of aliphatic hydroxyl groups excluding tert-OH is 1. The highest BCUT2D eigenvalue weighted by atomic mass is 79.9. The highest BCUT2D eigenvalue weighted by Crippen LogP contribution is 2.28. The van der Waals surface area contributed by atoms with Crippen LogP contribution in [0.3, 0.4) is 0 Å². The molecule has 0 aliphatic heterocycles. The van der Waals surface area contributed by atoms with Gasteiger partial charge >= 0.3 is 0 Å². The van der Waals surface area contributed by atoms with E-state index in [4.69, 9.17) is 0 Å². The largest absolute Gasteiger partial charge is 0.396 e. The van der Waals surface area contributed by atoms with Gasteiger partial charge in [-0.1, -0.05) is 12.8 Å². The molecule has 1 saturated carbocycles. The fourth-order valence-corrected chi connectivity index (χ4v) is 3.30. The smallest absolute Gasteiger partial charge is 0.183 e. The molecule has 0 spiro atoms. The van der Waals surface area contributed by atoms with Crippen molar-refractivity contribution in [2.45, 2.75) is 31.7 Å². The molecule has 2 unspecified atom stereocenters. The second kappa shape index (κ2) is 5.27. The van der Waals surface area contributed by atoms with Crippen molar-refractivity contribution in [3.05, 3.63) is 9.98 Å². The summed E-state index contributed by atoms with van der Waals surface area (Å²) in [7, 11) is 0. The molecule has 0 amide bonds. The zero-order valence-electron chi connectivity index (χ0n) is 8.45. The topological polar surface area (TPSA) is 45.1 Å². The maximum Gasteiger partial charge on any atom is 0.183 e. The van der Waals surface area contributed by atoms with Crippen LogP contribution in [-0.2, 0) is 0 Å². The van der Waals surface area contributed by atoms with Gasteiger partial charge in [0.15, 0.2) is 5.13 Å². The highest BCUT2D eigenvalue weighted by Gasteiger charge is 2.24. The molecule has 1 aromatic heterocycles. The minimum Gasteiger partial charge on any atom is -0.396 e. The quantitative estimate of drug-likeness (QED) is 0.900. The van der Waals surface area contributed by atoms with Crippen LogP contribution in [0.1, 0.15) is 25.7 Å². The molecule has 15 heavy (non-hydrogen) atoms. The first kappa shape index (κ1) is 11.4. The number of hydrogen-bond acceptors (Lipinski definition) is 4. The van der Waals surface area contributed by atoms with Crippen molar-refractivity contribution in [3.8, 4) is 0 Å². The van der Waals surface area contributed by atoms with Gasteiger partial charge in [-0.3, -0.25) is 0 Å². The van der Waals surface area contributed by atoms with Crippen LogP contribution < -0.4 is 5.32 Å². The van der Waals surface area contributed by atoms with E-state index < -0.39 is 0 Å². The van der Waals surface area contributed by atoms with E-state index in [-0.39, 0.29) is 6.61 Å². The Morgan fingerprint density at radius 1 is 1.53 bits per heavy atom. The molecule has 1 fully saturated rings. The van der Waals surface area contributed by atoms with Gasteiger partial charge in [-0.05, 0) is 28.8 Å². The van der Waals surface area contributed by atoms with Crippen LogP contribution in [0.2, 0.25) is 0 Å². The van der Waals surface area contributed by atoms with Gasteiger partial charge in [-0.15, -0.1) is 11.3 Å². The Hall–Kier alpha value is -0.130. The third-order valence-corrected chi connectivity index (χ3v) is 4.41. The fraction of sp³-hybridized carbons (Fsp3) is 0.700. The van der Waals surface area contributed by atoms with Gasteiger partial charge in [0.1, 0.15) is 4.60 Å². The minimum atomic E-state index is 0.282. The summed E-state index contributed by atoms with van der Waals surface area (Å²) in [4.78, 5) is 4.32. The Morgan fingerprint density at radius 2 is 2.33 bits per heavy atom. The zero-order chi connectivity index (χ0) is 10.7. The number of thiazole rings is 1. The number of rotatable bonds is 3. The van der Waals surface area contributed by atoms with Gasteiger partial charge in [-0.2, -0.15) is 0 Å². The molecule has 2 N–H and O–H groups in total. The van der Waals surface area contributed by atoms with Gasteiger partial charge < -0.3 is 10.4 Å². The second-order valence-corrected chi connectivity index (χ2v) is 5.62. The SMILES string of the molecule is OCC1CCCCC1Nc1nc(Br)cs1. The highest BCUT2D eigenvalue weighted by molar-refractivity contribution is 9.10. The molecule has 84 valence electrons. The molecule has 1 aliphatic rings. The lowest BCUT2D eigenvalue weighted by Crippen LogP contribution is -2.34. The van der Waals surface area contributed by atoms with Crippen molar-refractivity contribution < 1.29 is 5.11 Å². The van der Waals surface area contributed by atoms with E-state index in [0.717, 1.165) is 22.6 Å². The maximum absolute atomic E-state index is 9.28. The lowest BCUT2D eigenvalue weighted by Gasteiger charge is -2.30. The Labute approximate surface area is 102 Å². The van der Waals surface area contributed by atoms with Crippen molar-refractivity contribution in [3.63, 3.8) is 0 Å². The van der Waals surface area contributed by atoms with E-state index in [1.165, 1.54) is 12.8 Å². The van der Waals surface area contributed by atoms with E-state index >= 15 is 0 Å². The van der Waals surface area contributed by atoms with E-state index in [1.807, 2.05) is 5.38 Å². The summed E-state index contributed by atoms with van der Waals surface area (Å²) in [5, 5.41) is 15.6. The number of halogens is 1. The number of hydrogen-bond donors (Lipinski definition) is 2. The molecule has 0 bridgehead atoms. The number of nitrogens with one attached hydrogen (secondary N) is 1. The van der Waals surface area contributed by atoms with Crippen molar-refractivity contribution in [2.24, 2.45) is 5.92 Å². The van der Waals surface area contributed by atoms with Crippen molar-refractivity contribution >= 4 is 32.4 Å². The molecule has 0 radical (unpaired) electrons. The fourth-order valence-electron chi connectivity index (χ4n) is 2.10. The molecular formula is C10H15BrN2OS. The molecular weight excluding hydrogens is 276 g/mol. The molecule has 5 heteroatoms. The number of anilines is 1. The van der Waals surface area contributed by atoms with Crippen LogP contribution in [-0.4, -0.2) is 22.7 Å². The third kappa shape index (κ3) is 2.92. The zero-order valence-corrected chi connectivity index (χ0v) is 10.9. The summed E-state index contributed by atoms with van der Waals surface area (Å²) < 4.78 is 0.881. The van der Waals surface area contributed by atoms with Crippen LogP contribution >= 0.6 is 27.3 Å². The Bertz CT molecular complexity index is 318. The van der Waals surface area contributed by atoms with Crippen LogP contribution in [0.15, 0.2) is 9.98 Å². The molecule has 2 atom stereocenters. The lowest BCUT2D eigenvalue weighted by atomic mass is 9.85. The van der Waals surface area contributed by atoms with E-state index in [2.05, 4.69) is 26.2 Å². The first-order valence-corrected chi connectivity index (χ1v) is 6.95. The summed E-state index contributed by atoms with van der Waals surface area (Å²) in [6, 6.07) is 0.391. The molecule has 1 aliphatic carbocycles. The maximum atomic E-state index is 9.28. The normalized spacial score (nSPS) is 26.5. The molecule has 0 saturated heterocycles. The molecule has 2 rings (SSSR count). The van der Waals surface area contributed by atoms with Crippen molar-refractivity contribution in [1.29, 1.82) is 0 Å². The predicted molar refractivity (Wildman–Crippen MR) is 66.3 cm³/mol. The Kier molecular flexibility index (Phi) is 3.99. The Balaban J connectivity index is 1.97. The lowest BCUT2D eigenvalue weighted by molar-refractivity contribution is 0.178. The number of aliphatic hydroxyl groups is 1. The van der Waals surface area contributed by atoms with Crippen LogP contribution in [0.25, 0.3) is 0 Å². The first-order valence-electron chi connectivity index (χ1n) is 5.28. The first-order chi connectivity index (χ1) is 7.29. The average molecular weight is 291 g/mol. The summed E-state index contributed by atoms with van der Waals surface area (Å²) in [6.45, 7) is 0.282. The summed E-state index contributed by atoms with van der Waals surface area (Å²) in [5.41, 5.74) is 0. The molecule has 1 heterocycles. The monoisotopic (exact) mass is 290 g/mol. The average Bonchev–Trinajstić information content (AvgIpc) is 2.65. The van der Waals surface area contributed by atoms with Crippen LogP contribution in [0.5, 0.6) is 0 Å². The van der Waals surface area contributed by atoms with E-state index in [9.17, 15) is 5.11 Å². The van der Waals surface area contributed by atoms with E-state index in [0.29, 0.717) is 12.0 Å². The summed E-state index contributed by atoms with van der Waals surface area (Å²) >= 11 is 4.94. The third-order valence-electron chi connectivity index (χ3n) is 2.93. The van der Waals surface area contributed by atoms with E-state index in [1.54, 1.807) is 11.3 Å². The predicted octanol–water partition coefficient (Wildman–Crippen LogP) is 2.87.